The second-order valence-electron chi connectivity index (χ2n) is 7.14. The van der Waals surface area contributed by atoms with Crippen molar-refractivity contribution >= 4 is 17.6 Å². The van der Waals surface area contributed by atoms with E-state index in [0.29, 0.717) is 25.7 Å². The molecule has 1 saturated carbocycles. The fourth-order valence-electron chi connectivity index (χ4n) is 3.21. The molecule has 0 aromatic heterocycles. The van der Waals surface area contributed by atoms with E-state index in [1.807, 2.05) is 55.5 Å². The van der Waals surface area contributed by atoms with Crippen LogP contribution in [-0.4, -0.2) is 25.5 Å². The number of nitrogens with zero attached hydrogens (tertiary/aromatic N) is 1. The molecule has 3 N–H and O–H groups in total. The van der Waals surface area contributed by atoms with Crippen LogP contribution in [0.1, 0.15) is 37.3 Å². The SMILES string of the molecule is CCOc1ccccc1CNC(=NC)NCc1cccc(NC(=O)C2CCC2)c1. The summed E-state index contributed by atoms with van der Waals surface area (Å²) in [6.07, 6.45) is 3.16. The molecule has 0 radical (unpaired) electrons. The summed E-state index contributed by atoms with van der Waals surface area (Å²) in [4.78, 5) is 16.4. The highest BCUT2D eigenvalue weighted by Crippen LogP contribution is 2.27. The van der Waals surface area contributed by atoms with Gasteiger partial charge in [-0.05, 0) is 43.5 Å². The van der Waals surface area contributed by atoms with Crippen LogP contribution in [0, 0.1) is 5.92 Å². The Morgan fingerprint density at radius 3 is 2.62 bits per heavy atom. The maximum absolute atomic E-state index is 12.1. The van der Waals surface area contributed by atoms with Crippen LogP contribution in [0.25, 0.3) is 0 Å². The zero-order valence-corrected chi connectivity index (χ0v) is 17.2. The van der Waals surface area contributed by atoms with Gasteiger partial charge in [0.25, 0.3) is 0 Å². The van der Waals surface area contributed by atoms with Crippen LogP contribution in [0.15, 0.2) is 53.5 Å². The Morgan fingerprint density at radius 2 is 1.90 bits per heavy atom. The largest absolute Gasteiger partial charge is 0.494 e. The third-order valence-corrected chi connectivity index (χ3v) is 5.07. The molecule has 6 nitrogen and oxygen atoms in total. The molecule has 1 amide bonds. The first-order chi connectivity index (χ1) is 14.2. The number of aliphatic imine (C=N–C) groups is 1. The van der Waals surface area contributed by atoms with Crippen LogP contribution in [0.2, 0.25) is 0 Å². The summed E-state index contributed by atoms with van der Waals surface area (Å²) >= 11 is 0. The molecule has 0 saturated heterocycles. The minimum absolute atomic E-state index is 0.131. The molecular formula is C23H30N4O2. The quantitative estimate of drug-likeness (QED) is 0.472. The number of anilines is 1. The van der Waals surface area contributed by atoms with Crippen molar-refractivity contribution in [1.82, 2.24) is 10.6 Å². The van der Waals surface area contributed by atoms with Gasteiger partial charge in [0, 0.05) is 37.3 Å². The summed E-state index contributed by atoms with van der Waals surface area (Å²) in [5.74, 6) is 1.90. The number of carbonyl (C=O) groups excluding carboxylic acids is 1. The van der Waals surface area contributed by atoms with Crippen molar-refractivity contribution in [2.75, 3.05) is 19.0 Å². The summed E-state index contributed by atoms with van der Waals surface area (Å²) < 4.78 is 5.67. The van der Waals surface area contributed by atoms with E-state index in [2.05, 4.69) is 20.9 Å². The van der Waals surface area contributed by atoms with Gasteiger partial charge in [-0.2, -0.15) is 0 Å². The van der Waals surface area contributed by atoms with Crippen molar-refractivity contribution in [2.24, 2.45) is 10.9 Å². The Balaban J connectivity index is 1.51. The molecule has 154 valence electrons. The molecule has 0 aliphatic heterocycles. The second-order valence-corrected chi connectivity index (χ2v) is 7.14. The molecule has 0 unspecified atom stereocenters. The standard InChI is InChI=1S/C23H30N4O2/c1-3-29-21-13-5-4-9-19(21)16-26-23(24-2)25-15-17-8-6-12-20(14-17)27-22(28)18-10-7-11-18/h4-6,8-9,12-14,18H,3,7,10-11,15-16H2,1-2H3,(H,27,28)(H2,24,25,26). The van der Waals surface area contributed by atoms with Gasteiger partial charge in [-0.3, -0.25) is 9.79 Å². The van der Waals surface area contributed by atoms with E-state index in [1.165, 1.54) is 0 Å². The van der Waals surface area contributed by atoms with Crippen LogP contribution < -0.4 is 20.7 Å². The molecule has 0 spiro atoms. The van der Waals surface area contributed by atoms with Gasteiger partial charge in [0.05, 0.1) is 6.61 Å². The fourth-order valence-corrected chi connectivity index (χ4v) is 3.21. The molecule has 3 rings (SSSR count). The van der Waals surface area contributed by atoms with Gasteiger partial charge in [-0.25, -0.2) is 0 Å². The number of rotatable bonds is 8. The lowest BCUT2D eigenvalue weighted by atomic mass is 9.85. The van der Waals surface area contributed by atoms with Crippen LogP contribution >= 0.6 is 0 Å². The minimum atomic E-state index is 0.131. The molecule has 1 fully saturated rings. The smallest absolute Gasteiger partial charge is 0.227 e. The lowest BCUT2D eigenvalue weighted by molar-refractivity contribution is -0.122. The number of guanidine groups is 1. The molecule has 0 bridgehead atoms. The van der Waals surface area contributed by atoms with Gasteiger partial charge in [-0.15, -0.1) is 0 Å². The van der Waals surface area contributed by atoms with E-state index >= 15 is 0 Å². The highest BCUT2D eigenvalue weighted by molar-refractivity contribution is 5.93. The van der Waals surface area contributed by atoms with E-state index < -0.39 is 0 Å². The lowest BCUT2D eigenvalue weighted by Crippen LogP contribution is -2.36. The number of carbonyl (C=O) groups is 1. The van der Waals surface area contributed by atoms with Gasteiger partial charge >= 0.3 is 0 Å². The monoisotopic (exact) mass is 394 g/mol. The third-order valence-electron chi connectivity index (χ3n) is 5.07. The number of amides is 1. The molecule has 2 aromatic rings. The number of hydrogen-bond donors (Lipinski definition) is 3. The maximum atomic E-state index is 12.1. The first-order valence-corrected chi connectivity index (χ1v) is 10.2. The van der Waals surface area contributed by atoms with Crippen molar-refractivity contribution in [3.63, 3.8) is 0 Å². The van der Waals surface area contributed by atoms with E-state index in [9.17, 15) is 4.79 Å². The second kappa shape index (κ2) is 10.5. The summed E-state index contributed by atoms with van der Waals surface area (Å²) in [5, 5.41) is 9.66. The van der Waals surface area contributed by atoms with Gasteiger partial charge in [0.2, 0.25) is 5.91 Å². The van der Waals surface area contributed by atoms with Crippen LogP contribution in [-0.2, 0) is 17.9 Å². The number of para-hydroxylation sites is 1. The van der Waals surface area contributed by atoms with Crippen LogP contribution in [0.3, 0.4) is 0 Å². The Hall–Kier alpha value is -3.02. The predicted molar refractivity (Wildman–Crippen MR) is 117 cm³/mol. The minimum Gasteiger partial charge on any atom is -0.494 e. The molecule has 2 aromatic carbocycles. The summed E-state index contributed by atoms with van der Waals surface area (Å²) in [6, 6.07) is 15.9. The van der Waals surface area contributed by atoms with Crippen molar-refractivity contribution in [1.29, 1.82) is 0 Å². The van der Waals surface area contributed by atoms with Crippen molar-refractivity contribution in [3.8, 4) is 5.75 Å². The maximum Gasteiger partial charge on any atom is 0.227 e. The predicted octanol–water partition coefficient (Wildman–Crippen LogP) is 3.69. The fraction of sp³-hybridized carbons (Fsp3) is 0.391. The van der Waals surface area contributed by atoms with Crippen LogP contribution in [0.5, 0.6) is 5.75 Å². The molecule has 0 heterocycles. The Bertz CT molecular complexity index is 846. The van der Waals surface area contributed by atoms with Gasteiger partial charge in [0.1, 0.15) is 5.75 Å². The zero-order valence-electron chi connectivity index (χ0n) is 17.2. The third kappa shape index (κ3) is 5.98. The average molecular weight is 395 g/mol. The van der Waals surface area contributed by atoms with E-state index in [0.717, 1.165) is 41.8 Å². The summed E-state index contributed by atoms with van der Waals surface area (Å²) in [7, 11) is 1.75. The lowest BCUT2D eigenvalue weighted by Gasteiger charge is -2.24. The summed E-state index contributed by atoms with van der Waals surface area (Å²) in [5.41, 5.74) is 3.00. The Morgan fingerprint density at radius 1 is 1.10 bits per heavy atom. The van der Waals surface area contributed by atoms with Gasteiger partial charge < -0.3 is 20.7 Å². The molecule has 1 aliphatic carbocycles. The first-order valence-electron chi connectivity index (χ1n) is 10.2. The molecule has 29 heavy (non-hydrogen) atoms. The van der Waals surface area contributed by atoms with Gasteiger partial charge in [0.15, 0.2) is 5.96 Å². The van der Waals surface area contributed by atoms with Gasteiger partial charge in [-0.1, -0.05) is 36.8 Å². The molecule has 0 atom stereocenters. The van der Waals surface area contributed by atoms with E-state index in [4.69, 9.17) is 4.74 Å². The zero-order chi connectivity index (χ0) is 20.5. The Labute approximate surface area is 172 Å². The van der Waals surface area contributed by atoms with Crippen molar-refractivity contribution < 1.29 is 9.53 Å². The number of nitrogens with one attached hydrogen (secondary N) is 3. The number of hydrogen-bond acceptors (Lipinski definition) is 3. The van der Waals surface area contributed by atoms with E-state index in [1.54, 1.807) is 7.05 Å². The van der Waals surface area contributed by atoms with Crippen molar-refractivity contribution in [2.45, 2.75) is 39.3 Å². The Kier molecular flexibility index (Phi) is 7.50. The number of ether oxygens (including phenoxy) is 1. The molecular weight excluding hydrogens is 364 g/mol. The normalized spacial score (nSPS) is 14.1. The molecule has 6 heteroatoms. The van der Waals surface area contributed by atoms with E-state index in [-0.39, 0.29) is 11.8 Å². The topological polar surface area (TPSA) is 74.8 Å². The van der Waals surface area contributed by atoms with Crippen LogP contribution in [0.4, 0.5) is 5.69 Å². The summed E-state index contributed by atoms with van der Waals surface area (Å²) in [6.45, 7) is 3.85. The first kappa shape index (κ1) is 20.7. The molecule has 1 aliphatic rings. The van der Waals surface area contributed by atoms with Crippen molar-refractivity contribution in [3.05, 3.63) is 59.7 Å². The number of benzene rings is 2. The average Bonchev–Trinajstić information content (AvgIpc) is 2.68. The highest BCUT2D eigenvalue weighted by atomic mass is 16.5. The highest BCUT2D eigenvalue weighted by Gasteiger charge is 2.25.